The highest BCUT2D eigenvalue weighted by Crippen LogP contribution is 2.41. The average Bonchev–Trinajstić information content (AvgIpc) is 3.06. The zero-order chi connectivity index (χ0) is 18.5. The molecule has 3 rings (SSSR count). The molecule has 0 unspecified atom stereocenters. The van der Waals surface area contributed by atoms with Crippen molar-refractivity contribution in [3.63, 3.8) is 0 Å². The second-order valence-electron chi connectivity index (χ2n) is 5.29. The van der Waals surface area contributed by atoms with Gasteiger partial charge in [-0.15, -0.1) is 11.3 Å². The maximum Gasteiger partial charge on any atom is 0.344 e. The van der Waals surface area contributed by atoms with E-state index >= 15 is 0 Å². The lowest BCUT2D eigenvalue weighted by atomic mass is 10.2. The molecule has 2 aromatic carbocycles. The topological polar surface area (TPSA) is 57.7 Å². The summed E-state index contributed by atoms with van der Waals surface area (Å²) in [5.74, 6) is 0.632. The minimum Gasteiger partial charge on any atom is -0.490 e. The summed E-state index contributed by atoms with van der Waals surface area (Å²) in [5.41, 5.74) is 1.87. The molecule has 3 aromatic rings. The van der Waals surface area contributed by atoms with Crippen LogP contribution in [0.25, 0.3) is 20.8 Å². The van der Waals surface area contributed by atoms with E-state index in [1.165, 1.54) is 0 Å². The fraction of sp³-hybridized carbons (Fsp3) is 0.263. The minimum absolute atomic E-state index is 0.166. The molecular formula is C19H18BrNO4S. The van der Waals surface area contributed by atoms with Crippen molar-refractivity contribution < 1.29 is 19.0 Å². The van der Waals surface area contributed by atoms with Crippen LogP contribution in [0.5, 0.6) is 11.5 Å². The first-order chi connectivity index (χ1) is 12.6. The van der Waals surface area contributed by atoms with Gasteiger partial charge < -0.3 is 14.2 Å². The highest BCUT2D eigenvalue weighted by atomic mass is 79.9. The van der Waals surface area contributed by atoms with Crippen molar-refractivity contribution in [2.24, 2.45) is 0 Å². The summed E-state index contributed by atoms with van der Waals surface area (Å²) in [6, 6.07) is 11.7. The number of aromatic nitrogens is 1. The second kappa shape index (κ2) is 8.51. The van der Waals surface area contributed by atoms with Gasteiger partial charge in [-0.05, 0) is 54.0 Å². The standard InChI is InChI=1S/C19H18BrNO4S/c1-3-23-15-9-12(19-21-14-7-5-6-8-17(14)26-19)13(20)10-16(15)25-11-18(22)24-4-2/h5-10H,3-4,11H2,1-2H3. The zero-order valence-corrected chi connectivity index (χ0v) is 16.9. The molecule has 0 spiro atoms. The van der Waals surface area contributed by atoms with Gasteiger partial charge in [0.15, 0.2) is 18.1 Å². The van der Waals surface area contributed by atoms with E-state index in [-0.39, 0.29) is 6.61 Å². The van der Waals surface area contributed by atoms with Gasteiger partial charge >= 0.3 is 5.97 Å². The molecule has 0 bridgehead atoms. The van der Waals surface area contributed by atoms with Crippen molar-refractivity contribution in [2.45, 2.75) is 13.8 Å². The average molecular weight is 436 g/mol. The van der Waals surface area contributed by atoms with Crippen LogP contribution in [0.2, 0.25) is 0 Å². The summed E-state index contributed by atoms with van der Waals surface area (Å²) < 4.78 is 18.1. The van der Waals surface area contributed by atoms with Gasteiger partial charge in [0.25, 0.3) is 0 Å². The number of rotatable bonds is 7. The number of carbonyl (C=O) groups excluding carboxylic acids is 1. The third kappa shape index (κ3) is 4.16. The Balaban J connectivity index is 1.94. The summed E-state index contributed by atoms with van der Waals surface area (Å²) in [6.07, 6.45) is 0. The molecule has 0 radical (unpaired) electrons. The van der Waals surface area contributed by atoms with Gasteiger partial charge in [0.1, 0.15) is 5.01 Å². The van der Waals surface area contributed by atoms with Crippen LogP contribution >= 0.6 is 27.3 Å². The predicted octanol–water partition coefficient (Wildman–Crippen LogP) is 5.07. The van der Waals surface area contributed by atoms with Gasteiger partial charge in [0.05, 0.1) is 23.4 Å². The van der Waals surface area contributed by atoms with Crippen molar-refractivity contribution in [3.8, 4) is 22.1 Å². The normalized spacial score (nSPS) is 10.7. The summed E-state index contributed by atoms with van der Waals surface area (Å²) in [6.45, 7) is 4.29. The molecule has 26 heavy (non-hydrogen) atoms. The van der Waals surface area contributed by atoms with E-state index in [4.69, 9.17) is 19.2 Å². The molecule has 0 aliphatic heterocycles. The Labute approximate surface area is 164 Å². The van der Waals surface area contributed by atoms with Gasteiger partial charge in [-0.2, -0.15) is 0 Å². The van der Waals surface area contributed by atoms with Gasteiger partial charge in [-0.25, -0.2) is 9.78 Å². The van der Waals surface area contributed by atoms with Crippen LogP contribution in [0.4, 0.5) is 0 Å². The molecule has 5 nitrogen and oxygen atoms in total. The molecule has 0 aliphatic carbocycles. The molecule has 0 saturated heterocycles. The van der Waals surface area contributed by atoms with E-state index in [0.717, 1.165) is 25.3 Å². The molecule has 0 saturated carbocycles. The van der Waals surface area contributed by atoms with Crippen LogP contribution in [-0.4, -0.2) is 30.8 Å². The lowest BCUT2D eigenvalue weighted by molar-refractivity contribution is -0.145. The van der Waals surface area contributed by atoms with Gasteiger partial charge in [-0.3, -0.25) is 0 Å². The first kappa shape index (κ1) is 18.7. The Hall–Kier alpha value is -2.12. The third-order valence-corrected chi connectivity index (χ3v) is 5.23. The Morgan fingerprint density at radius 3 is 2.62 bits per heavy atom. The fourth-order valence-electron chi connectivity index (χ4n) is 2.41. The number of ether oxygens (including phenoxy) is 3. The minimum atomic E-state index is -0.415. The highest BCUT2D eigenvalue weighted by Gasteiger charge is 2.16. The van der Waals surface area contributed by atoms with Crippen LogP contribution in [0, 0.1) is 0 Å². The summed E-state index contributed by atoms with van der Waals surface area (Å²) in [5, 5.41) is 0.885. The lowest BCUT2D eigenvalue weighted by Gasteiger charge is -2.14. The number of fused-ring (bicyclic) bond motifs is 1. The summed E-state index contributed by atoms with van der Waals surface area (Å²) in [7, 11) is 0. The molecule has 136 valence electrons. The number of esters is 1. The molecule has 0 N–H and O–H groups in total. The van der Waals surface area contributed by atoms with Gasteiger partial charge in [-0.1, -0.05) is 12.1 Å². The molecular weight excluding hydrogens is 418 g/mol. The number of hydrogen-bond donors (Lipinski definition) is 0. The maximum atomic E-state index is 11.6. The molecule has 0 atom stereocenters. The van der Waals surface area contributed by atoms with Crippen molar-refractivity contribution in [2.75, 3.05) is 19.8 Å². The van der Waals surface area contributed by atoms with Crippen LogP contribution in [-0.2, 0) is 9.53 Å². The van der Waals surface area contributed by atoms with Crippen molar-refractivity contribution in [1.29, 1.82) is 0 Å². The summed E-state index contributed by atoms with van der Waals surface area (Å²) in [4.78, 5) is 16.2. The highest BCUT2D eigenvalue weighted by molar-refractivity contribution is 9.10. The molecule has 7 heteroatoms. The Bertz CT molecular complexity index is 892. The predicted molar refractivity (Wildman–Crippen MR) is 106 cm³/mol. The number of hydrogen-bond acceptors (Lipinski definition) is 6. The van der Waals surface area contributed by atoms with E-state index < -0.39 is 5.97 Å². The summed E-state index contributed by atoms with van der Waals surface area (Å²) >= 11 is 5.19. The SMILES string of the molecule is CCOC(=O)COc1cc(Br)c(-c2nc3ccccc3s2)cc1OCC. The molecule has 0 amide bonds. The number of benzene rings is 2. The zero-order valence-electron chi connectivity index (χ0n) is 14.5. The third-order valence-electron chi connectivity index (χ3n) is 3.51. The van der Waals surface area contributed by atoms with Crippen LogP contribution in [0.1, 0.15) is 13.8 Å². The van der Waals surface area contributed by atoms with Crippen LogP contribution < -0.4 is 9.47 Å². The largest absolute Gasteiger partial charge is 0.490 e. The fourth-order valence-corrected chi connectivity index (χ4v) is 4.04. The van der Waals surface area contributed by atoms with Gasteiger partial charge in [0, 0.05) is 10.0 Å². The van der Waals surface area contributed by atoms with Crippen molar-refractivity contribution >= 4 is 43.5 Å². The Morgan fingerprint density at radius 1 is 1.12 bits per heavy atom. The lowest BCUT2D eigenvalue weighted by Crippen LogP contribution is -2.15. The van der Waals surface area contributed by atoms with E-state index in [1.54, 1.807) is 24.3 Å². The maximum absolute atomic E-state index is 11.6. The molecule has 1 heterocycles. The molecule has 0 fully saturated rings. The quantitative estimate of drug-likeness (QED) is 0.485. The molecule has 1 aromatic heterocycles. The Kier molecular flexibility index (Phi) is 6.11. The van der Waals surface area contributed by atoms with E-state index in [9.17, 15) is 4.79 Å². The van der Waals surface area contributed by atoms with Crippen LogP contribution in [0.3, 0.4) is 0 Å². The smallest absolute Gasteiger partial charge is 0.344 e. The number of halogens is 1. The molecule has 0 aliphatic rings. The van der Waals surface area contributed by atoms with E-state index in [2.05, 4.69) is 15.9 Å². The van der Waals surface area contributed by atoms with Crippen LogP contribution in [0.15, 0.2) is 40.9 Å². The first-order valence-corrected chi connectivity index (χ1v) is 9.84. The number of para-hydroxylation sites is 1. The van der Waals surface area contributed by atoms with E-state index in [1.807, 2.05) is 37.3 Å². The number of carbonyl (C=O) groups is 1. The van der Waals surface area contributed by atoms with Crippen molar-refractivity contribution in [3.05, 3.63) is 40.9 Å². The first-order valence-electron chi connectivity index (χ1n) is 8.23. The Morgan fingerprint density at radius 2 is 1.88 bits per heavy atom. The van der Waals surface area contributed by atoms with Crippen molar-refractivity contribution in [1.82, 2.24) is 4.98 Å². The van der Waals surface area contributed by atoms with Gasteiger partial charge in [0.2, 0.25) is 0 Å². The second-order valence-corrected chi connectivity index (χ2v) is 7.18. The number of thiazole rings is 1. The monoisotopic (exact) mass is 435 g/mol. The van der Waals surface area contributed by atoms with E-state index in [0.29, 0.717) is 24.7 Å². The number of nitrogens with zero attached hydrogens (tertiary/aromatic N) is 1.